The van der Waals surface area contributed by atoms with E-state index < -0.39 is 7.32 Å². The van der Waals surface area contributed by atoms with Crippen molar-refractivity contribution in [1.82, 2.24) is 0 Å². The molecular formula is C9H17BO5. The lowest BCUT2D eigenvalue weighted by Gasteiger charge is -2.23. The Hall–Kier alpha value is -0.395. The first-order valence-corrected chi connectivity index (χ1v) is 5.07. The predicted octanol–water partition coefficient (Wildman–Crippen LogP) is -0.948. The van der Waals surface area contributed by atoms with E-state index in [1.807, 2.05) is 6.08 Å². The standard InChI is InChI=1S/C7H11BO3.C2H6O2/c9-8(10)11-7-3-1-6(5-7)2-4-7;3-1-2-4/h1,3,6,9-10H,2,4-5H2;3-4H,1-2H2. The third-order valence-electron chi connectivity index (χ3n) is 2.66. The molecule has 15 heavy (non-hydrogen) atoms. The average Bonchev–Trinajstić information content (AvgIpc) is 2.76. The Bertz CT molecular complexity index is 219. The fraction of sp³-hybridized carbons (Fsp3) is 0.778. The van der Waals surface area contributed by atoms with Crippen LogP contribution >= 0.6 is 0 Å². The Morgan fingerprint density at radius 2 is 2.00 bits per heavy atom. The summed E-state index contributed by atoms with van der Waals surface area (Å²) in [6, 6.07) is 0. The smallest absolute Gasteiger partial charge is 0.402 e. The summed E-state index contributed by atoms with van der Waals surface area (Å²) in [6.45, 7) is -0.250. The molecule has 6 heteroatoms. The van der Waals surface area contributed by atoms with Crippen molar-refractivity contribution in [1.29, 1.82) is 0 Å². The highest BCUT2D eigenvalue weighted by Crippen LogP contribution is 2.44. The van der Waals surface area contributed by atoms with Gasteiger partial charge in [0.15, 0.2) is 0 Å². The van der Waals surface area contributed by atoms with E-state index in [9.17, 15) is 0 Å². The fourth-order valence-corrected chi connectivity index (χ4v) is 2.06. The molecule has 0 aromatic carbocycles. The number of aliphatic hydroxyl groups excluding tert-OH is 2. The molecule has 0 aliphatic heterocycles. The highest BCUT2D eigenvalue weighted by Gasteiger charge is 2.43. The highest BCUT2D eigenvalue weighted by molar-refractivity contribution is 6.32. The Morgan fingerprint density at radius 1 is 1.33 bits per heavy atom. The first-order chi connectivity index (χ1) is 7.12. The molecular weight excluding hydrogens is 199 g/mol. The third-order valence-corrected chi connectivity index (χ3v) is 2.66. The van der Waals surface area contributed by atoms with Crippen molar-refractivity contribution in [3.8, 4) is 0 Å². The van der Waals surface area contributed by atoms with E-state index in [1.54, 1.807) is 0 Å². The molecule has 0 aromatic heterocycles. The molecule has 0 heterocycles. The Balaban J connectivity index is 0.000000245. The molecule has 2 unspecified atom stereocenters. The lowest BCUT2D eigenvalue weighted by Crippen LogP contribution is -2.33. The summed E-state index contributed by atoms with van der Waals surface area (Å²) in [5.41, 5.74) is -0.348. The molecule has 86 valence electrons. The van der Waals surface area contributed by atoms with Gasteiger partial charge in [-0.2, -0.15) is 0 Å². The van der Waals surface area contributed by atoms with Gasteiger partial charge in [-0.05, 0) is 25.2 Å². The zero-order valence-corrected chi connectivity index (χ0v) is 8.54. The highest BCUT2D eigenvalue weighted by atomic mass is 16.6. The second-order valence-electron chi connectivity index (χ2n) is 3.82. The molecule has 1 saturated carbocycles. The first kappa shape index (κ1) is 12.7. The summed E-state index contributed by atoms with van der Waals surface area (Å²) >= 11 is 0. The van der Waals surface area contributed by atoms with E-state index in [-0.39, 0.29) is 18.8 Å². The van der Waals surface area contributed by atoms with Crippen LogP contribution in [0.15, 0.2) is 12.2 Å². The minimum atomic E-state index is -1.63. The van der Waals surface area contributed by atoms with Crippen LogP contribution in [0.25, 0.3) is 0 Å². The monoisotopic (exact) mass is 216 g/mol. The fourth-order valence-electron chi connectivity index (χ4n) is 2.06. The van der Waals surface area contributed by atoms with E-state index in [2.05, 4.69) is 6.08 Å². The molecule has 0 spiro atoms. The molecule has 2 atom stereocenters. The Kier molecular flexibility index (Phi) is 4.75. The Morgan fingerprint density at radius 3 is 2.27 bits per heavy atom. The molecule has 2 aliphatic rings. The molecule has 0 aromatic rings. The van der Waals surface area contributed by atoms with E-state index in [0.717, 1.165) is 19.3 Å². The van der Waals surface area contributed by atoms with Gasteiger partial charge in [0, 0.05) is 0 Å². The average molecular weight is 216 g/mol. The normalized spacial score (nSPS) is 31.3. The summed E-state index contributed by atoms with van der Waals surface area (Å²) in [5.74, 6) is 0.605. The molecule has 1 fully saturated rings. The lowest BCUT2D eigenvalue weighted by molar-refractivity contribution is 0.0662. The van der Waals surface area contributed by atoms with Gasteiger partial charge in [-0.25, -0.2) is 0 Å². The van der Waals surface area contributed by atoms with Crippen LogP contribution in [0.1, 0.15) is 19.3 Å². The molecule has 2 aliphatic carbocycles. The molecule has 5 nitrogen and oxygen atoms in total. The van der Waals surface area contributed by atoms with Crippen LogP contribution in [0.2, 0.25) is 0 Å². The van der Waals surface area contributed by atoms with E-state index >= 15 is 0 Å². The van der Waals surface area contributed by atoms with Gasteiger partial charge in [-0.3, -0.25) is 0 Å². The van der Waals surface area contributed by atoms with Crippen LogP contribution in [0.5, 0.6) is 0 Å². The molecule has 4 N–H and O–H groups in total. The van der Waals surface area contributed by atoms with Crippen LogP contribution in [-0.2, 0) is 4.65 Å². The number of hydrogen-bond acceptors (Lipinski definition) is 5. The van der Waals surface area contributed by atoms with Crippen LogP contribution in [-0.4, -0.2) is 46.4 Å². The second-order valence-corrected chi connectivity index (χ2v) is 3.82. The largest absolute Gasteiger partial charge is 0.634 e. The third kappa shape index (κ3) is 3.59. The van der Waals surface area contributed by atoms with Gasteiger partial charge < -0.3 is 24.9 Å². The summed E-state index contributed by atoms with van der Waals surface area (Å²) in [4.78, 5) is 0. The maximum absolute atomic E-state index is 8.63. The molecule has 0 saturated heterocycles. The van der Waals surface area contributed by atoms with Crippen LogP contribution in [0.3, 0.4) is 0 Å². The zero-order chi connectivity index (χ0) is 11.3. The maximum atomic E-state index is 8.63. The second kappa shape index (κ2) is 5.62. The molecule has 2 bridgehead atoms. The van der Waals surface area contributed by atoms with Gasteiger partial charge in [0.05, 0.1) is 18.8 Å². The van der Waals surface area contributed by atoms with Crippen molar-refractivity contribution in [3.05, 3.63) is 12.2 Å². The minimum Gasteiger partial charge on any atom is -0.402 e. The van der Waals surface area contributed by atoms with Crippen LogP contribution < -0.4 is 0 Å². The summed E-state index contributed by atoms with van der Waals surface area (Å²) < 4.78 is 5.01. The lowest BCUT2D eigenvalue weighted by atomic mass is 10.0. The number of rotatable bonds is 3. The molecule has 0 amide bonds. The van der Waals surface area contributed by atoms with Gasteiger partial charge in [0.25, 0.3) is 0 Å². The topological polar surface area (TPSA) is 90.2 Å². The van der Waals surface area contributed by atoms with Crippen LogP contribution in [0, 0.1) is 5.92 Å². The van der Waals surface area contributed by atoms with Crippen LogP contribution in [0.4, 0.5) is 0 Å². The zero-order valence-electron chi connectivity index (χ0n) is 8.54. The quantitative estimate of drug-likeness (QED) is 0.361. The number of hydrogen-bond donors (Lipinski definition) is 4. The van der Waals surface area contributed by atoms with Crippen molar-refractivity contribution < 1.29 is 24.9 Å². The predicted molar refractivity (Wildman–Crippen MR) is 54.7 cm³/mol. The number of fused-ring (bicyclic) bond motifs is 2. The van der Waals surface area contributed by atoms with E-state index in [4.69, 9.17) is 24.9 Å². The SMILES string of the molecule is OB(O)OC12C=CC(CC1)C2.OCCO. The maximum Gasteiger partial charge on any atom is 0.634 e. The van der Waals surface area contributed by atoms with Gasteiger partial charge in [-0.15, -0.1) is 0 Å². The summed E-state index contributed by atoms with van der Waals surface area (Å²) in [6.07, 6.45) is 7.02. The summed E-state index contributed by atoms with van der Waals surface area (Å²) in [7, 11) is -1.63. The van der Waals surface area contributed by atoms with Crippen molar-refractivity contribution in [2.75, 3.05) is 13.2 Å². The number of aliphatic hydroxyl groups is 2. The van der Waals surface area contributed by atoms with Gasteiger partial charge in [0.2, 0.25) is 0 Å². The first-order valence-electron chi connectivity index (χ1n) is 5.07. The van der Waals surface area contributed by atoms with Crippen molar-refractivity contribution in [2.45, 2.75) is 24.9 Å². The van der Waals surface area contributed by atoms with Crippen molar-refractivity contribution in [3.63, 3.8) is 0 Å². The van der Waals surface area contributed by atoms with E-state index in [1.165, 1.54) is 0 Å². The number of allylic oxidation sites excluding steroid dienone is 1. The van der Waals surface area contributed by atoms with Gasteiger partial charge in [-0.1, -0.05) is 12.2 Å². The van der Waals surface area contributed by atoms with E-state index in [0.29, 0.717) is 5.92 Å². The van der Waals surface area contributed by atoms with Crippen molar-refractivity contribution >= 4 is 7.32 Å². The van der Waals surface area contributed by atoms with Gasteiger partial charge in [0.1, 0.15) is 0 Å². The molecule has 0 radical (unpaired) electrons. The summed E-state index contributed by atoms with van der Waals surface area (Å²) in [5, 5.41) is 32.5. The minimum absolute atomic E-state index is 0.125. The Labute approximate surface area is 89.2 Å². The van der Waals surface area contributed by atoms with Crippen molar-refractivity contribution in [2.24, 2.45) is 5.92 Å². The molecule has 2 rings (SSSR count). The van der Waals surface area contributed by atoms with Gasteiger partial charge >= 0.3 is 7.32 Å².